The molecule has 0 saturated heterocycles. The molecule has 0 bridgehead atoms. The maximum Gasteiger partial charge on any atom is 0.223 e. The topological polar surface area (TPSA) is 65.2 Å². The van der Waals surface area contributed by atoms with Crippen LogP contribution in [-0.4, -0.2) is 16.4 Å². The minimum absolute atomic E-state index is 0.183. The molecule has 0 spiro atoms. The lowest BCUT2D eigenvalue weighted by molar-refractivity contribution is 0.111. The standard InChI is InChI=1S/C11H10N2O3/c1-8-12-11(13-16-8)7-15-10-5-3-2-4-9(10)6-14/h2-6H,7H2,1H3. The molecule has 0 atom stereocenters. The van der Waals surface area contributed by atoms with Crippen LogP contribution in [0.3, 0.4) is 0 Å². The highest BCUT2D eigenvalue weighted by Crippen LogP contribution is 2.16. The second kappa shape index (κ2) is 4.57. The van der Waals surface area contributed by atoms with Crippen molar-refractivity contribution in [3.05, 3.63) is 41.5 Å². The first-order valence-corrected chi connectivity index (χ1v) is 4.76. The van der Waals surface area contributed by atoms with Gasteiger partial charge in [0.1, 0.15) is 5.75 Å². The molecule has 0 aliphatic heterocycles. The fourth-order valence-corrected chi connectivity index (χ4v) is 1.25. The molecule has 82 valence electrons. The Balaban J connectivity index is 2.07. The highest BCUT2D eigenvalue weighted by molar-refractivity contribution is 5.79. The van der Waals surface area contributed by atoms with Crippen molar-refractivity contribution in [1.82, 2.24) is 10.1 Å². The average Bonchev–Trinajstić information content (AvgIpc) is 2.73. The SMILES string of the molecule is Cc1nc(COc2ccccc2C=O)no1. The van der Waals surface area contributed by atoms with Gasteiger partial charge in [0.2, 0.25) is 11.7 Å². The predicted octanol–water partition coefficient (Wildman–Crippen LogP) is 1.77. The molecule has 2 rings (SSSR count). The van der Waals surface area contributed by atoms with E-state index in [0.29, 0.717) is 23.0 Å². The molecular formula is C11H10N2O3. The Kier molecular flexibility index (Phi) is 2.95. The van der Waals surface area contributed by atoms with Gasteiger partial charge in [-0.3, -0.25) is 4.79 Å². The molecule has 1 heterocycles. The zero-order chi connectivity index (χ0) is 11.4. The number of hydrogen-bond acceptors (Lipinski definition) is 5. The van der Waals surface area contributed by atoms with Crippen molar-refractivity contribution in [2.24, 2.45) is 0 Å². The average molecular weight is 218 g/mol. The number of carbonyl (C=O) groups is 1. The molecule has 0 aliphatic carbocycles. The van der Waals surface area contributed by atoms with Gasteiger partial charge in [0.05, 0.1) is 5.56 Å². The van der Waals surface area contributed by atoms with Crippen LogP contribution in [0.5, 0.6) is 5.75 Å². The number of carbonyl (C=O) groups excluding carboxylic acids is 1. The number of rotatable bonds is 4. The summed E-state index contributed by atoms with van der Waals surface area (Å²) in [5, 5.41) is 3.69. The summed E-state index contributed by atoms with van der Waals surface area (Å²) in [6.45, 7) is 1.89. The summed E-state index contributed by atoms with van der Waals surface area (Å²) in [6.07, 6.45) is 0.747. The molecule has 0 fully saturated rings. The fourth-order valence-electron chi connectivity index (χ4n) is 1.25. The molecule has 5 nitrogen and oxygen atoms in total. The Morgan fingerprint density at radius 3 is 2.94 bits per heavy atom. The van der Waals surface area contributed by atoms with Crippen LogP contribution in [0.2, 0.25) is 0 Å². The van der Waals surface area contributed by atoms with Crippen LogP contribution in [0.1, 0.15) is 22.1 Å². The molecular weight excluding hydrogens is 208 g/mol. The summed E-state index contributed by atoms with van der Waals surface area (Å²) >= 11 is 0. The van der Waals surface area contributed by atoms with Gasteiger partial charge in [0, 0.05) is 6.92 Å². The highest BCUT2D eigenvalue weighted by atomic mass is 16.5. The maximum atomic E-state index is 10.7. The van der Waals surface area contributed by atoms with E-state index in [9.17, 15) is 4.79 Å². The van der Waals surface area contributed by atoms with Crippen molar-refractivity contribution in [2.45, 2.75) is 13.5 Å². The lowest BCUT2D eigenvalue weighted by Crippen LogP contribution is -1.99. The van der Waals surface area contributed by atoms with E-state index in [0.717, 1.165) is 6.29 Å². The lowest BCUT2D eigenvalue weighted by atomic mass is 10.2. The number of nitrogens with zero attached hydrogens (tertiary/aromatic N) is 2. The molecule has 5 heteroatoms. The number of aryl methyl sites for hydroxylation is 1. The van der Waals surface area contributed by atoms with E-state index < -0.39 is 0 Å². The minimum Gasteiger partial charge on any atom is -0.485 e. The first kappa shape index (κ1) is 10.4. The second-order valence-electron chi connectivity index (χ2n) is 3.17. The zero-order valence-corrected chi connectivity index (χ0v) is 8.71. The number of benzene rings is 1. The minimum atomic E-state index is 0.183. The first-order chi connectivity index (χ1) is 7.79. The van der Waals surface area contributed by atoms with E-state index in [1.165, 1.54) is 0 Å². The summed E-state index contributed by atoms with van der Waals surface area (Å²) in [5.74, 6) is 1.46. The van der Waals surface area contributed by atoms with Crippen molar-refractivity contribution in [1.29, 1.82) is 0 Å². The Bertz CT molecular complexity index is 493. The molecule has 0 unspecified atom stereocenters. The maximum absolute atomic E-state index is 10.7. The van der Waals surface area contributed by atoms with Crippen LogP contribution in [0.25, 0.3) is 0 Å². The van der Waals surface area contributed by atoms with Crippen molar-refractivity contribution < 1.29 is 14.1 Å². The molecule has 16 heavy (non-hydrogen) atoms. The smallest absolute Gasteiger partial charge is 0.223 e. The van der Waals surface area contributed by atoms with Crippen LogP contribution in [-0.2, 0) is 6.61 Å². The normalized spacial score (nSPS) is 10.1. The summed E-state index contributed by atoms with van der Waals surface area (Å²) in [5.41, 5.74) is 0.503. The van der Waals surface area contributed by atoms with Gasteiger partial charge in [0.15, 0.2) is 12.9 Å². The van der Waals surface area contributed by atoms with Crippen LogP contribution >= 0.6 is 0 Å². The van der Waals surface area contributed by atoms with Gasteiger partial charge in [-0.15, -0.1) is 0 Å². The summed E-state index contributed by atoms with van der Waals surface area (Å²) in [7, 11) is 0. The number of ether oxygens (including phenoxy) is 1. The van der Waals surface area contributed by atoms with E-state index in [-0.39, 0.29) is 6.61 Å². The van der Waals surface area contributed by atoms with Crippen molar-refractivity contribution in [3.63, 3.8) is 0 Å². The van der Waals surface area contributed by atoms with E-state index >= 15 is 0 Å². The number of hydrogen-bond donors (Lipinski definition) is 0. The van der Waals surface area contributed by atoms with Crippen LogP contribution in [0.15, 0.2) is 28.8 Å². The van der Waals surface area contributed by atoms with Gasteiger partial charge in [-0.25, -0.2) is 0 Å². The van der Waals surface area contributed by atoms with E-state index in [2.05, 4.69) is 10.1 Å². The Labute approximate surface area is 92.0 Å². The molecule has 1 aromatic heterocycles. The summed E-state index contributed by atoms with van der Waals surface area (Å²) in [6, 6.07) is 6.97. The lowest BCUT2D eigenvalue weighted by Gasteiger charge is -2.04. The quantitative estimate of drug-likeness (QED) is 0.731. The number of para-hydroxylation sites is 1. The Morgan fingerprint density at radius 2 is 2.25 bits per heavy atom. The third-order valence-electron chi connectivity index (χ3n) is 1.97. The van der Waals surface area contributed by atoms with Gasteiger partial charge in [0.25, 0.3) is 0 Å². The van der Waals surface area contributed by atoms with Crippen LogP contribution in [0.4, 0.5) is 0 Å². The van der Waals surface area contributed by atoms with Gasteiger partial charge in [-0.1, -0.05) is 17.3 Å². The van der Waals surface area contributed by atoms with Crippen molar-refractivity contribution in [2.75, 3.05) is 0 Å². The van der Waals surface area contributed by atoms with Crippen LogP contribution < -0.4 is 4.74 Å². The van der Waals surface area contributed by atoms with E-state index in [4.69, 9.17) is 9.26 Å². The number of aldehydes is 1. The Morgan fingerprint density at radius 1 is 1.44 bits per heavy atom. The zero-order valence-electron chi connectivity index (χ0n) is 8.71. The summed E-state index contributed by atoms with van der Waals surface area (Å²) in [4.78, 5) is 14.7. The highest BCUT2D eigenvalue weighted by Gasteiger charge is 2.05. The van der Waals surface area contributed by atoms with Gasteiger partial charge in [-0.2, -0.15) is 4.98 Å². The van der Waals surface area contributed by atoms with E-state index in [1.807, 2.05) is 0 Å². The molecule has 0 aliphatic rings. The molecule has 0 saturated carbocycles. The molecule has 2 aromatic rings. The van der Waals surface area contributed by atoms with Crippen molar-refractivity contribution >= 4 is 6.29 Å². The molecule has 0 N–H and O–H groups in total. The van der Waals surface area contributed by atoms with Gasteiger partial charge >= 0.3 is 0 Å². The first-order valence-electron chi connectivity index (χ1n) is 4.76. The predicted molar refractivity (Wildman–Crippen MR) is 55.2 cm³/mol. The third kappa shape index (κ3) is 2.25. The fraction of sp³-hybridized carbons (Fsp3) is 0.182. The molecule has 0 radical (unpaired) electrons. The summed E-state index contributed by atoms with van der Waals surface area (Å²) < 4.78 is 10.2. The van der Waals surface area contributed by atoms with Crippen LogP contribution in [0, 0.1) is 6.92 Å². The Hall–Kier alpha value is -2.17. The third-order valence-corrected chi connectivity index (χ3v) is 1.97. The van der Waals surface area contributed by atoms with Crippen molar-refractivity contribution in [3.8, 4) is 5.75 Å². The van der Waals surface area contributed by atoms with Gasteiger partial charge < -0.3 is 9.26 Å². The van der Waals surface area contributed by atoms with Gasteiger partial charge in [-0.05, 0) is 12.1 Å². The van der Waals surface area contributed by atoms with E-state index in [1.54, 1.807) is 31.2 Å². The second-order valence-corrected chi connectivity index (χ2v) is 3.17. The largest absolute Gasteiger partial charge is 0.485 e. The monoisotopic (exact) mass is 218 g/mol. The molecule has 1 aromatic carbocycles. The molecule has 0 amide bonds. The number of aromatic nitrogens is 2.